The maximum absolute atomic E-state index is 12.6. The molecule has 0 heterocycles. The van der Waals surface area contributed by atoms with Gasteiger partial charge in [0.1, 0.15) is 5.75 Å². The number of nitrogens with one attached hydrogen (secondary N) is 1. The average molecular weight is 566 g/mol. The number of halogens is 3. The van der Waals surface area contributed by atoms with Gasteiger partial charge in [-0.15, -0.1) is 0 Å². The topological polar surface area (TPSA) is 86.2 Å². The standard InChI is InChI=1S/C24H19BrCl2N2O5/c1-3-33-21-11-14(13-28-29-23(30)16-6-9-19(26)20(27)12-16)10-18(25)22(21)34-24(31)15-4-7-17(32-2)8-5-15/h4-13H,3H2,1-2H3,(H,29,30)/b28-13-. The summed E-state index contributed by atoms with van der Waals surface area (Å²) >= 11 is 15.2. The first-order chi connectivity index (χ1) is 16.3. The molecule has 7 nitrogen and oxygen atoms in total. The lowest BCUT2D eigenvalue weighted by Crippen LogP contribution is -2.17. The predicted octanol–water partition coefficient (Wildman–Crippen LogP) is 6.15. The molecule has 10 heteroatoms. The fourth-order valence-electron chi connectivity index (χ4n) is 2.77. The van der Waals surface area contributed by atoms with Gasteiger partial charge in [-0.1, -0.05) is 23.2 Å². The van der Waals surface area contributed by atoms with Crippen molar-refractivity contribution in [3.63, 3.8) is 0 Å². The molecule has 0 saturated carbocycles. The van der Waals surface area contributed by atoms with Gasteiger partial charge in [0, 0.05) is 5.56 Å². The van der Waals surface area contributed by atoms with E-state index in [4.69, 9.17) is 37.4 Å². The SMILES string of the molecule is CCOc1cc(/C=N\NC(=O)c2ccc(Cl)c(Cl)c2)cc(Br)c1OC(=O)c1ccc(OC)cc1. The Bertz CT molecular complexity index is 1230. The average Bonchev–Trinajstić information content (AvgIpc) is 2.83. The van der Waals surface area contributed by atoms with Gasteiger partial charge in [-0.3, -0.25) is 4.79 Å². The molecule has 176 valence electrons. The highest BCUT2D eigenvalue weighted by molar-refractivity contribution is 9.10. The lowest BCUT2D eigenvalue weighted by molar-refractivity contribution is 0.0726. The molecule has 3 aromatic rings. The highest BCUT2D eigenvalue weighted by atomic mass is 79.9. The summed E-state index contributed by atoms with van der Waals surface area (Å²) in [5.74, 6) is 0.168. The van der Waals surface area contributed by atoms with Crippen molar-refractivity contribution in [3.05, 3.63) is 85.8 Å². The molecule has 3 aromatic carbocycles. The van der Waals surface area contributed by atoms with Gasteiger partial charge in [0.05, 0.1) is 40.0 Å². The number of hydrogen-bond donors (Lipinski definition) is 1. The van der Waals surface area contributed by atoms with Gasteiger partial charge in [0.25, 0.3) is 5.91 Å². The maximum atomic E-state index is 12.6. The van der Waals surface area contributed by atoms with Crippen molar-refractivity contribution in [3.8, 4) is 17.2 Å². The van der Waals surface area contributed by atoms with E-state index in [9.17, 15) is 9.59 Å². The molecule has 34 heavy (non-hydrogen) atoms. The Hall–Kier alpha value is -3.07. The number of nitrogens with zero attached hydrogens (tertiary/aromatic N) is 1. The summed E-state index contributed by atoms with van der Waals surface area (Å²) in [6.45, 7) is 2.15. The van der Waals surface area contributed by atoms with Crippen molar-refractivity contribution < 1.29 is 23.8 Å². The Labute approximate surface area is 214 Å². The molecule has 0 radical (unpaired) electrons. The summed E-state index contributed by atoms with van der Waals surface area (Å²) in [5, 5.41) is 4.59. The third-order valence-electron chi connectivity index (χ3n) is 4.41. The van der Waals surface area contributed by atoms with Crippen molar-refractivity contribution in [1.29, 1.82) is 0 Å². The van der Waals surface area contributed by atoms with Crippen LogP contribution in [0.5, 0.6) is 17.2 Å². The molecule has 0 aliphatic rings. The number of benzene rings is 3. The van der Waals surface area contributed by atoms with Crippen LogP contribution >= 0.6 is 39.1 Å². The Balaban J connectivity index is 1.76. The first kappa shape index (κ1) is 25.6. The first-order valence-corrected chi connectivity index (χ1v) is 11.5. The van der Waals surface area contributed by atoms with Gasteiger partial charge in [0.2, 0.25) is 0 Å². The van der Waals surface area contributed by atoms with Gasteiger partial charge in [-0.25, -0.2) is 10.2 Å². The minimum Gasteiger partial charge on any atom is -0.497 e. The first-order valence-electron chi connectivity index (χ1n) is 9.93. The van der Waals surface area contributed by atoms with E-state index in [1.165, 1.54) is 24.4 Å². The van der Waals surface area contributed by atoms with Crippen LogP contribution in [-0.2, 0) is 0 Å². The third kappa shape index (κ3) is 6.50. The molecule has 0 fully saturated rings. The van der Waals surface area contributed by atoms with Crippen molar-refractivity contribution in [2.75, 3.05) is 13.7 Å². The Morgan fingerprint density at radius 2 is 1.74 bits per heavy atom. The van der Waals surface area contributed by atoms with Gasteiger partial charge in [-0.05, 0) is 83.0 Å². The van der Waals surface area contributed by atoms with Crippen LogP contribution < -0.4 is 19.6 Å². The number of hydrazone groups is 1. The number of esters is 1. The molecule has 0 aromatic heterocycles. The molecular weight excluding hydrogens is 547 g/mol. The Morgan fingerprint density at radius 3 is 2.38 bits per heavy atom. The van der Waals surface area contributed by atoms with Crippen LogP contribution in [-0.4, -0.2) is 31.8 Å². The van der Waals surface area contributed by atoms with Crippen molar-refractivity contribution in [1.82, 2.24) is 5.43 Å². The quantitative estimate of drug-likeness (QED) is 0.153. The monoisotopic (exact) mass is 564 g/mol. The molecular formula is C24H19BrCl2N2O5. The smallest absolute Gasteiger partial charge is 0.343 e. The molecule has 0 bridgehead atoms. The van der Waals surface area contributed by atoms with Gasteiger partial charge in [0.15, 0.2) is 11.5 Å². The second-order valence-electron chi connectivity index (χ2n) is 6.71. The second kappa shape index (κ2) is 11.9. The van der Waals surface area contributed by atoms with E-state index in [1.54, 1.807) is 50.4 Å². The van der Waals surface area contributed by atoms with Crippen molar-refractivity contribution >= 4 is 57.2 Å². The zero-order valence-corrected chi connectivity index (χ0v) is 21.2. The van der Waals surface area contributed by atoms with E-state index >= 15 is 0 Å². The summed E-state index contributed by atoms with van der Waals surface area (Å²) in [4.78, 5) is 24.9. The maximum Gasteiger partial charge on any atom is 0.343 e. The van der Waals surface area contributed by atoms with Crippen LogP contribution in [0.4, 0.5) is 0 Å². The number of hydrogen-bond acceptors (Lipinski definition) is 6. The summed E-state index contributed by atoms with van der Waals surface area (Å²) in [6, 6.07) is 14.4. The third-order valence-corrected chi connectivity index (χ3v) is 5.74. The van der Waals surface area contributed by atoms with Crippen LogP contribution in [0.15, 0.2) is 64.2 Å². The zero-order valence-electron chi connectivity index (χ0n) is 18.1. The summed E-state index contributed by atoms with van der Waals surface area (Å²) in [7, 11) is 1.54. The summed E-state index contributed by atoms with van der Waals surface area (Å²) in [6.07, 6.45) is 1.43. The largest absolute Gasteiger partial charge is 0.497 e. The predicted molar refractivity (Wildman–Crippen MR) is 135 cm³/mol. The van der Waals surface area contributed by atoms with Crippen LogP contribution in [0.25, 0.3) is 0 Å². The minimum atomic E-state index is -0.556. The van der Waals surface area contributed by atoms with Crippen molar-refractivity contribution in [2.24, 2.45) is 5.10 Å². The molecule has 0 aliphatic heterocycles. The van der Waals surface area contributed by atoms with Crippen LogP contribution in [0.2, 0.25) is 10.0 Å². The van der Waals surface area contributed by atoms with E-state index in [1.807, 2.05) is 0 Å². The van der Waals surface area contributed by atoms with E-state index < -0.39 is 11.9 Å². The fourth-order valence-corrected chi connectivity index (χ4v) is 3.61. The molecule has 1 amide bonds. The molecule has 0 aliphatic carbocycles. The van der Waals surface area contributed by atoms with Crippen LogP contribution in [0.1, 0.15) is 33.2 Å². The normalized spacial score (nSPS) is 10.7. The Morgan fingerprint density at radius 1 is 1.03 bits per heavy atom. The summed E-state index contributed by atoms with van der Waals surface area (Å²) in [5.41, 5.74) is 3.67. The number of carbonyl (C=O) groups excluding carboxylic acids is 2. The van der Waals surface area contributed by atoms with Gasteiger partial charge < -0.3 is 14.2 Å². The number of carbonyl (C=O) groups is 2. The van der Waals surface area contributed by atoms with Gasteiger partial charge >= 0.3 is 5.97 Å². The van der Waals surface area contributed by atoms with Gasteiger partial charge in [-0.2, -0.15) is 5.10 Å². The second-order valence-corrected chi connectivity index (χ2v) is 8.38. The molecule has 3 rings (SSSR count). The van der Waals surface area contributed by atoms with Crippen molar-refractivity contribution in [2.45, 2.75) is 6.92 Å². The molecule has 0 atom stereocenters. The van der Waals surface area contributed by atoms with E-state index in [-0.39, 0.29) is 10.8 Å². The number of amides is 1. The molecule has 0 unspecified atom stereocenters. The van der Waals surface area contributed by atoms with Crippen LogP contribution in [0.3, 0.4) is 0 Å². The Kier molecular flexibility index (Phi) is 8.92. The number of ether oxygens (including phenoxy) is 3. The fraction of sp³-hybridized carbons (Fsp3) is 0.125. The van der Waals surface area contributed by atoms with E-state index in [2.05, 4.69) is 26.5 Å². The highest BCUT2D eigenvalue weighted by Gasteiger charge is 2.17. The molecule has 0 spiro atoms. The molecule has 1 N–H and O–H groups in total. The molecule has 0 saturated heterocycles. The number of methoxy groups -OCH3 is 1. The lowest BCUT2D eigenvalue weighted by Gasteiger charge is -2.13. The highest BCUT2D eigenvalue weighted by Crippen LogP contribution is 2.37. The zero-order chi connectivity index (χ0) is 24.7. The summed E-state index contributed by atoms with van der Waals surface area (Å²) < 4.78 is 16.8. The minimum absolute atomic E-state index is 0.222. The van der Waals surface area contributed by atoms with E-state index in [0.29, 0.717) is 44.3 Å². The lowest BCUT2D eigenvalue weighted by atomic mass is 10.2. The van der Waals surface area contributed by atoms with E-state index in [0.717, 1.165) is 0 Å². The van der Waals surface area contributed by atoms with Crippen LogP contribution in [0, 0.1) is 0 Å². The number of rotatable bonds is 8.